The van der Waals surface area contributed by atoms with Crippen molar-refractivity contribution in [2.75, 3.05) is 0 Å². The number of aromatic amines is 1. The fourth-order valence-corrected chi connectivity index (χ4v) is 2.57. The van der Waals surface area contributed by atoms with Crippen LogP contribution in [0.5, 0.6) is 0 Å². The molecule has 2 rings (SSSR count). The summed E-state index contributed by atoms with van der Waals surface area (Å²) < 4.78 is 5.11. The van der Waals surface area contributed by atoms with Gasteiger partial charge in [-0.1, -0.05) is 29.3 Å². The van der Waals surface area contributed by atoms with E-state index in [0.29, 0.717) is 15.7 Å². The molecule has 7 heteroatoms. The summed E-state index contributed by atoms with van der Waals surface area (Å²) >= 11 is 12.0. The van der Waals surface area contributed by atoms with Gasteiger partial charge in [-0.15, -0.1) is 0 Å². The molecule has 0 saturated carbocycles. The Labute approximate surface area is 143 Å². The van der Waals surface area contributed by atoms with Crippen LogP contribution in [0.3, 0.4) is 0 Å². The van der Waals surface area contributed by atoms with Crippen LogP contribution in [0.4, 0.5) is 0 Å². The second-order valence-electron chi connectivity index (χ2n) is 5.03. The van der Waals surface area contributed by atoms with Crippen LogP contribution in [-0.2, 0) is 9.53 Å². The number of hydrogen-bond acceptors (Lipinski definition) is 3. The van der Waals surface area contributed by atoms with E-state index >= 15 is 0 Å². The highest BCUT2D eigenvalue weighted by atomic mass is 35.5. The van der Waals surface area contributed by atoms with Gasteiger partial charge in [0.1, 0.15) is 5.69 Å². The summed E-state index contributed by atoms with van der Waals surface area (Å²) in [5.74, 6) is -1.00. The van der Waals surface area contributed by atoms with E-state index in [1.807, 2.05) is 0 Å². The van der Waals surface area contributed by atoms with Gasteiger partial charge < -0.3 is 15.0 Å². The van der Waals surface area contributed by atoms with Gasteiger partial charge in [0.15, 0.2) is 6.10 Å². The Bertz CT molecular complexity index is 701. The van der Waals surface area contributed by atoms with E-state index in [0.717, 1.165) is 5.56 Å². The molecule has 0 aliphatic heterocycles. The molecule has 1 amide bonds. The molecular weight excluding hydrogens is 339 g/mol. The number of nitrogens with one attached hydrogen (secondary N) is 2. The van der Waals surface area contributed by atoms with Gasteiger partial charge in [-0.05, 0) is 43.7 Å². The minimum Gasteiger partial charge on any atom is -0.448 e. The number of carbonyl (C=O) groups excluding carboxylic acids is 2. The molecule has 0 aliphatic carbocycles. The van der Waals surface area contributed by atoms with E-state index < -0.39 is 18.0 Å². The standard InChI is InChI=1S/C16H16Cl2N2O3/c1-9(12-6-5-11(17)8-13(12)18)20-15(21)10(2)23-16(22)14-4-3-7-19-14/h3-10,19H,1-2H3,(H,20,21)/t9-,10+/m1/s1. The molecule has 0 bridgehead atoms. The highest BCUT2D eigenvalue weighted by Crippen LogP contribution is 2.26. The number of esters is 1. The maximum atomic E-state index is 12.1. The molecule has 0 spiro atoms. The topological polar surface area (TPSA) is 71.2 Å². The SMILES string of the molecule is C[C@H](OC(=O)c1ccc[nH]1)C(=O)N[C@H](C)c1ccc(Cl)cc1Cl. The summed E-state index contributed by atoms with van der Waals surface area (Å²) in [5, 5.41) is 3.73. The van der Waals surface area contributed by atoms with Crippen molar-refractivity contribution in [2.24, 2.45) is 0 Å². The number of rotatable bonds is 5. The van der Waals surface area contributed by atoms with Gasteiger partial charge in [-0.3, -0.25) is 4.79 Å². The van der Waals surface area contributed by atoms with Crippen LogP contribution in [-0.4, -0.2) is 23.0 Å². The maximum absolute atomic E-state index is 12.1. The van der Waals surface area contributed by atoms with E-state index in [2.05, 4.69) is 10.3 Å². The van der Waals surface area contributed by atoms with E-state index in [4.69, 9.17) is 27.9 Å². The smallest absolute Gasteiger partial charge is 0.355 e. The fraction of sp³-hybridized carbons (Fsp3) is 0.250. The van der Waals surface area contributed by atoms with Crippen LogP contribution >= 0.6 is 23.2 Å². The molecule has 122 valence electrons. The van der Waals surface area contributed by atoms with Gasteiger partial charge in [-0.25, -0.2) is 4.79 Å². The van der Waals surface area contributed by atoms with Crippen molar-refractivity contribution in [3.05, 3.63) is 57.8 Å². The molecular formula is C16H16Cl2N2O3. The Morgan fingerprint density at radius 3 is 2.57 bits per heavy atom. The van der Waals surface area contributed by atoms with Crippen molar-refractivity contribution < 1.29 is 14.3 Å². The third-order valence-corrected chi connectivity index (χ3v) is 3.82. The first-order valence-corrected chi connectivity index (χ1v) is 7.73. The molecule has 2 N–H and O–H groups in total. The minimum atomic E-state index is -0.931. The number of carbonyl (C=O) groups is 2. The summed E-state index contributed by atoms with van der Waals surface area (Å²) in [6, 6.07) is 7.94. The summed E-state index contributed by atoms with van der Waals surface area (Å²) in [6.07, 6.45) is 0.672. The second kappa shape index (κ2) is 7.53. The van der Waals surface area contributed by atoms with Gasteiger partial charge in [-0.2, -0.15) is 0 Å². The van der Waals surface area contributed by atoms with Gasteiger partial charge >= 0.3 is 5.97 Å². The van der Waals surface area contributed by atoms with Crippen LogP contribution < -0.4 is 5.32 Å². The number of amides is 1. The van der Waals surface area contributed by atoms with E-state index in [9.17, 15) is 9.59 Å². The third kappa shape index (κ3) is 4.50. The van der Waals surface area contributed by atoms with Crippen molar-refractivity contribution in [1.82, 2.24) is 10.3 Å². The molecule has 1 aromatic heterocycles. The van der Waals surface area contributed by atoms with Gasteiger partial charge in [0.25, 0.3) is 5.91 Å². The lowest BCUT2D eigenvalue weighted by Gasteiger charge is -2.19. The predicted molar refractivity (Wildman–Crippen MR) is 88.7 cm³/mol. The van der Waals surface area contributed by atoms with Crippen molar-refractivity contribution in [3.8, 4) is 0 Å². The summed E-state index contributed by atoms with van der Waals surface area (Å²) in [7, 11) is 0. The molecule has 1 heterocycles. The first-order valence-electron chi connectivity index (χ1n) is 6.98. The van der Waals surface area contributed by atoms with E-state index in [-0.39, 0.29) is 6.04 Å². The molecule has 0 radical (unpaired) electrons. The Morgan fingerprint density at radius 1 is 1.22 bits per heavy atom. The summed E-state index contributed by atoms with van der Waals surface area (Å²) in [5.41, 5.74) is 1.02. The first kappa shape index (κ1) is 17.4. The minimum absolute atomic E-state index is 0.290. The van der Waals surface area contributed by atoms with Crippen LogP contribution in [0.15, 0.2) is 36.5 Å². The molecule has 0 fully saturated rings. The van der Waals surface area contributed by atoms with Crippen LogP contribution in [0.1, 0.15) is 35.9 Å². The van der Waals surface area contributed by atoms with Crippen molar-refractivity contribution in [3.63, 3.8) is 0 Å². The Hall–Kier alpha value is -1.98. The first-order chi connectivity index (χ1) is 10.9. The fourth-order valence-electron chi connectivity index (χ4n) is 2.00. The van der Waals surface area contributed by atoms with Crippen LogP contribution in [0.2, 0.25) is 10.0 Å². The number of halogens is 2. The highest BCUT2D eigenvalue weighted by molar-refractivity contribution is 6.35. The lowest BCUT2D eigenvalue weighted by molar-refractivity contribution is -0.129. The molecule has 1 aromatic carbocycles. The van der Waals surface area contributed by atoms with Crippen molar-refractivity contribution in [1.29, 1.82) is 0 Å². The number of hydrogen-bond donors (Lipinski definition) is 2. The van der Waals surface area contributed by atoms with E-state index in [1.165, 1.54) is 6.92 Å². The Balaban J connectivity index is 1.96. The average Bonchev–Trinajstić information content (AvgIpc) is 3.01. The largest absolute Gasteiger partial charge is 0.448 e. The van der Waals surface area contributed by atoms with Gasteiger partial charge in [0, 0.05) is 16.2 Å². The van der Waals surface area contributed by atoms with Gasteiger partial charge in [0.05, 0.1) is 6.04 Å². The van der Waals surface area contributed by atoms with Crippen LogP contribution in [0, 0.1) is 0 Å². The maximum Gasteiger partial charge on any atom is 0.355 e. The predicted octanol–water partition coefficient (Wildman–Crippen LogP) is 3.74. The number of benzene rings is 1. The second-order valence-corrected chi connectivity index (χ2v) is 5.87. The quantitative estimate of drug-likeness (QED) is 0.803. The monoisotopic (exact) mass is 354 g/mol. The summed E-state index contributed by atoms with van der Waals surface area (Å²) in [6.45, 7) is 3.29. The number of aromatic nitrogens is 1. The van der Waals surface area contributed by atoms with Crippen LogP contribution in [0.25, 0.3) is 0 Å². The molecule has 0 saturated heterocycles. The third-order valence-electron chi connectivity index (χ3n) is 3.26. The Morgan fingerprint density at radius 2 is 1.96 bits per heavy atom. The number of ether oxygens (including phenoxy) is 1. The van der Waals surface area contributed by atoms with Crippen molar-refractivity contribution in [2.45, 2.75) is 26.0 Å². The lowest BCUT2D eigenvalue weighted by atomic mass is 10.1. The molecule has 2 aromatic rings. The molecule has 5 nitrogen and oxygen atoms in total. The zero-order valence-electron chi connectivity index (χ0n) is 12.6. The normalized spacial score (nSPS) is 13.2. The highest BCUT2D eigenvalue weighted by Gasteiger charge is 2.22. The van der Waals surface area contributed by atoms with Gasteiger partial charge in [0.2, 0.25) is 0 Å². The zero-order valence-corrected chi connectivity index (χ0v) is 14.1. The molecule has 0 aliphatic rings. The summed E-state index contributed by atoms with van der Waals surface area (Å²) in [4.78, 5) is 26.7. The van der Waals surface area contributed by atoms with E-state index in [1.54, 1.807) is 43.5 Å². The molecule has 0 unspecified atom stereocenters. The Kier molecular flexibility index (Phi) is 5.69. The average molecular weight is 355 g/mol. The zero-order chi connectivity index (χ0) is 17.0. The molecule has 2 atom stereocenters. The number of H-pyrrole nitrogens is 1. The van der Waals surface area contributed by atoms with Crippen molar-refractivity contribution >= 4 is 35.1 Å². The molecule has 23 heavy (non-hydrogen) atoms. The lowest BCUT2D eigenvalue weighted by Crippen LogP contribution is -2.37.